The minimum absolute atomic E-state index is 0.0219. The van der Waals surface area contributed by atoms with Crippen molar-refractivity contribution >= 4 is 17.6 Å². The molecule has 1 aromatic carbocycles. The molecule has 1 amide bonds. The number of amides is 1. The average molecular weight is 270 g/mol. The Kier molecular flexibility index (Phi) is 4.10. The van der Waals surface area contributed by atoms with Crippen LogP contribution in [0.2, 0.25) is 0 Å². The Hall–Kier alpha value is -2.69. The summed E-state index contributed by atoms with van der Waals surface area (Å²) < 4.78 is 0. The van der Waals surface area contributed by atoms with Gasteiger partial charge in [-0.15, -0.1) is 0 Å². The predicted octanol–water partition coefficient (Wildman–Crippen LogP) is 2.52. The summed E-state index contributed by atoms with van der Waals surface area (Å²) in [5.41, 5.74) is 1.09. The molecule has 0 radical (unpaired) electrons. The number of hydrogen-bond donors (Lipinski definition) is 2. The van der Waals surface area contributed by atoms with Gasteiger partial charge < -0.3 is 10.4 Å². The molecular weight excluding hydrogens is 256 g/mol. The van der Waals surface area contributed by atoms with E-state index in [0.717, 1.165) is 5.56 Å². The standard InChI is InChI=1S/C15H14N2O3/c1-10(11-5-3-2-4-6-11)14(18)17-13-9-16-8-7-12(13)15(19)20/h2-10H,1H3,(H,17,18)(H,19,20). The fourth-order valence-corrected chi connectivity index (χ4v) is 1.81. The van der Waals surface area contributed by atoms with Crippen molar-refractivity contribution < 1.29 is 14.7 Å². The Labute approximate surface area is 116 Å². The van der Waals surface area contributed by atoms with Crippen LogP contribution in [-0.2, 0) is 4.79 Å². The number of hydrogen-bond acceptors (Lipinski definition) is 3. The van der Waals surface area contributed by atoms with Crippen LogP contribution in [0.25, 0.3) is 0 Å². The summed E-state index contributed by atoms with van der Waals surface area (Å²) in [5, 5.41) is 11.7. The van der Waals surface area contributed by atoms with Crippen molar-refractivity contribution in [2.45, 2.75) is 12.8 Å². The monoisotopic (exact) mass is 270 g/mol. The Bertz CT molecular complexity index is 626. The number of benzene rings is 1. The van der Waals surface area contributed by atoms with E-state index in [4.69, 9.17) is 5.11 Å². The zero-order chi connectivity index (χ0) is 14.5. The Morgan fingerprint density at radius 3 is 2.55 bits per heavy atom. The number of rotatable bonds is 4. The van der Waals surface area contributed by atoms with Gasteiger partial charge in [-0.1, -0.05) is 30.3 Å². The second kappa shape index (κ2) is 5.97. The van der Waals surface area contributed by atoms with Crippen molar-refractivity contribution in [2.24, 2.45) is 0 Å². The summed E-state index contributed by atoms with van der Waals surface area (Å²) in [6.07, 6.45) is 2.71. The molecule has 2 rings (SSSR count). The van der Waals surface area contributed by atoms with E-state index < -0.39 is 5.97 Å². The average Bonchev–Trinajstić information content (AvgIpc) is 2.47. The zero-order valence-electron chi connectivity index (χ0n) is 10.9. The lowest BCUT2D eigenvalue weighted by Gasteiger charge is -2.13. The van der Waals surface area contributed by atoms with Gasteiger partial charge in [-0.2, -0.15) is 0 Å². The minimum atomic E-state index is -1.10. The maximum atomic E-state index is 12.2. The summed E-state index contributed by atoms with van der Waals surface area (Å²) in [6, 6.07) is 10.6. The number of carboxylic acids is 1. The van der Waals surface area contributed by atoms with E-state index in [0.29, 0.717) is 0 Å². The van der Waals surface area contributed by atoms with Gasteiger partial charge in [-0.05, 0) is 18.6 Å². The SMILES string of the molecule is CC(C(=O)Nc1cnccc1C(=O)O)c1ccccc1. The van der Waals surface area contributed by atoms with E-state index in [1.165, 1.54) is 18.5 Å². The minimum Gasteiger partial charge on any atom is -0.478 e. The van der Waals surface area contributed by atoms with Gasteiger partial charge >= 0.3 is 5.97 Å². The van der Waals surface area contributed by atoms with E-state index in [1.54, 1.807) is 6.92 Å². The van der Waals surface area contributed by atoms with Gasteiger partial charge in [0.1, 0.15) is 0 Å². The molecule has 1 aromatic heterocycles. The molecule has 0 aliphatic carbocycles. The first-order valence-corrected chi connectivity index (χ1v) is 6.12. The van der Waals surface area contributed by atoms with E-state index in [9.17, 15) is 9.59 Å². The summed E-state index contributed by atoms with van der Waals surface area (Å²) in [4.78, 5) is 27.1. The predicted molar refractivity (Wildman–Crippen MR) is 74.7 cm³/mol. The first-order valence-electron chi connectivity index (χ1n) is 6.12. The summed E-state index contributed by atoms with van der Waals surface area (Å²) in [6.45, 7) is 1.77. The van der Waals surface area contributed by atoms with E-state index >= 15 is 0 Å². The van der Waals surface area contributed by atoms with Crippen LogP contribution in [0.15, 0.2) is 48.8 Å². The normalized spacial score (nSPS) is 11.7. The van der Waals surface area contributed by atoms with Crippen molar-refractivity contribution in [3.05, 3.63) is 59.9 Å². The number of carbonyl (C=O) groups is 2. The molecule has 20 heavy (non-hydrogen) atoms. The number of aromatic nitrogens is 1. The number of carboxylic acid groups (broad SMARTS) is 1. The van der Waals surface area contributed by atoms with Crippen molar-refractivity contribution in [1.82, 2.24) is 4.98 Å². The molecule has 0 saturated heterocycles. The lowest BCUT2D eigenvalue weighted by atomic mass is 10.0. The number of aromatic carboxylic acids is 1. The molecule has 0 fully saturated rings. The molecular formula is C15H14N2O3. The van der Waals surface area contributed by atoms with E-state index in [1.807, 2.05) is 30.3 Å². The molecule has 0 aliphatic heterocycles. The van der Waals surface area contributed by atoms with E-state index in [2.05, 4.69) is 10.3 Å². The van der Waals surface area contributed by atoms with Gasteiger partial charge in [0.15, 0.2) is 0 Å². The fourth-order valence-electron chi connectivity index (χ4n) is 1.81. The first-order chi connectivity index (χ1) is 9.59. The second-order valence-corrected chi connectivity index (χ2v) is 4.35. The molecule has 0 bridgehead atoms. The Balaban J connectivity index is 2.18. The highest BCUT2D eigenvalue weighted by Gasteiger charge is 2.18. The molecule has 102 valence electrons. The van der Waals surface area contributed by atoms with Crippen LogP contribution in [0, 0.1) is 0 Å². The molecule has 0 spiro atoms. The van der Waals surface area contributed by atoms with Crippen LogP contribution < -0.4 is 5.32 Å². The maximum Gasteiger partial charge on any atom is 0.337 e. The van der Waals surface area contributed by atoms with Gasteiger partial charge in [0, 0.05) is 6.20 Å². The molecule has 1 unspecified atom stereocenters. The summed E-state index contributed by atoms with van der Waals surface area (Å²) in [5.74, 6) is -1.75. The first kappa shape index (κ1) is 13.7. The third-order valence-electron chi connectivity index (χ3n) is 3.00. The highest BCUT2D eigenvalue weighted by molar-refractivity contribution is 6.02. The maximum absolute atomic E-state index is 12.2. The number of carbonyl (C=O) groups excluding carboxylic acids is 1. The smallest absolute Gasteiger partial charge is 0.337 e. The lowest BCUT2D eigenvalue weighted by Crippen LogP contribution is -2.20. The topological polar surface area (TPSA) is 79.3 Å². The Morgan fingerprint density at radius 1 is 1.20 bits per heavy atom. The fraction of sp³-hybridized carbons (Fsp3) is 0.133. The van der Waals surface area contributed by atoms with Gasteiger partial charge in [0.05, 0.1) is 23.4 Å². The Morgan fingerprint density at radius 2 is 1.90 bits per heavy atom. The summed E-state index contributed by atoms with van der Waals surface area (Å²) in [7, 11) is 0. The third kappa shape index (κ3) is 3.00. The van der Waals surface area contributed by atoms with Gasteiger partial charge in [-0.3, -0.25) is 9.78 Å². The van der Waals surface area contributed by atoms with Crippen LogP contribution in [0.5, 0.6) is 0 Å². The lowest BCUT2D eigenvalue weighted by molar-refractivity contribution is -0.117. The van der Waals surface area contributed by atoms with Crippen molar-refractivity contribution in [1.29, 1.82) is 0 Å². The molecule has 2 N–H and O–H groups in total. The molecule has 5 heteroatoms. The largest absolute Gasteiger partial charge is 0.478 e. The summed E-state index contributed by atoms with van der Waals surface area (Å²) >= 11 is 0. The van der Waals surface area contributed by atoms with Crippen LogP contribution in [0.3, 0.4) is 0 Å². The molecule has 0 saturated carbocycles. The number of nitrogens with one attached hydrogen (secondary N) is 1. The second-order valence-electron chi connectivity index (χ2n) is 4.35. The van der Waals surface area contributed by atoms with Gasteiger partial charge in [-0.25, -0.2) is 4.79 Å². The highest BCUT2D eigenvalue weighted by Crippen LogP contribution is 2.19. The number of pyridine rings is 1. The van der Waals surface area contributed by atoms with E-state index in [-0.39, 0.29) is 23.1 Å². The van der Waals surface area contributed by atoms with Crippen LogP contribution in [0.1, 0.15) is 28.8 Å². The van der Waals surface area contributed by atoms with Gasteiger partial charge in [0.2, 0.25) is 5.91 Å². The number of anilines is 1. The number of nitrogens with zero attached hydrogens (tertiary/aromatic N) is 1. The molecule has 2 aromatic rings. The quantitative estimate of drug-likeness (QED) is 0.894. The zero-order valence-corrected chi connectivity index (χ0v) is 10.9. The van der Waals surface area contributed by atoms with Crippen molar-refractivity contribution in [3.63, 3.8) is 0 Å². The van der Waals surface area contributed by atoms with Crippen LogP contribution >= 0.6 is 0 Å². The van der Waals surface area contributed by atoms with Crippen molar-refractivity contribution in [2.75, 3.05) is 5.32 Å². The molecule has 5 nitrogen and oxygen atoms in total. The van der Waals surface area contributed by atoms with Gasteiger partial charge in [0.25, 0.3) is 0 Å². The molecule has 0 aliphatic rings. The van der Waals surface area contributed by atoms with Crippen LogP contribution in [0.4, 0.5) is 5.69 Å². The highest BCUT2D eigenvalue weighted by atomic mass is 16.4. The van der Waals surface area contributed by atoms with Crippen LogP contribution in [-0.4, -0.2) is 22.0 Å². The van der Waals surface area contributed by atoms with Crippen molar-refractivity contribution in [3.8, 4) is 0 Å². The molecule has 1 heterocycles. The molecule has 1 atom stereocenters. The third-order valence-corrected chi connectivity index (χ3v) is 3.00.